The van der Waals surface area contributed by atoms with Gasteiger partial charge >= 0.3 is 12.1 Å². The molecule has 2 atom stereocenters. The molecule has 34 heavy (non-hydrogen) atoms. The molecule has 180 valence electrons. The van der Waals surface area contributed by atoms with Crippen LogP contribution in [0, 0.1) is 5.92 Å². The van der Waals surface area contributed by atoms with Crippen molar-refractivity contribution in [3.05, 3.63) is 59.7 Å². The summed E-state index contributed by atoms with van der Waals surface area (Å²) in [5, 5.41) is 12.1. The molecule has 1 aliphatic carbocycles. The summed E-state index contributed by atoms with van der Waals surface area (Å²) in [5.41, 5.74) is 4.71. The van der Waals surface area contributed by atoms with Crippen molar-refractivity contribution in [2.24, 2.45) is 5.92 Å². The summed E-state index contributed by atoms with van der Waals surface area (Å²) in [5.74, 6) is -0.539. The zero-order valence-corrected chi connectivity index (χ0v) is 20.1. The van der Waals surface area contributed by atoms with Gasteiger partial charge in [0.1, 0.15) is 6.61 Å². The number of ether oxygens (including phenoxy) is 1. The van der Waals surface area contributed by atoms with Crippen LogP contribution in [0.15, 0.2) is 48.5 Å². The minimum Gasteiger partial charge on any atom is -0.481 e. The van der Waals surface area contributed by atoms with E-state index < -0.39 is 18.0 Å². The van der Waals surface area contributed by atoms with Crippen LogP contribution in [0.1, 0.15) is 36.8 Å². The molecule has 4 rings (SSSR count). The van der Waals surface area contributed by atoms with Gasteiger partial charge in [0.05, 0.1) is 11.7 Å². The molecule has 8 heteroatoms. The number of amides is 2. The quantitative estimate of drug-likeness (QED) is 0.553. The number of benzene rings is 2. The molecular formula is C26H30N2O5S. The highest BCUT2D eigenvalue weighted by atomic mass is 32.2. The Morgan fingerprint density at radius 3 is 2.38 bits per heavy atom. The number of aliphatic carboxylic acids is 1. The first-order chi connectivity index (χ1) is 16.5. The van der Waals surface area contributed by atoms with E-state index in [0.29, 0.717) is 31.7 Å². The largest absolute Gasteiger partial charge is 0.481 e. The van der Waals surface area contributed by atoms with E-state index in [1.807, 2.05) is 24.3 Å². The molecule has 0 spiro atoms. The monoisotopic (exact) mass is 482 g/mol. The first kappa shape index (κ1) is 24.1. The Morgan fingerprint density at radius 1 is 1.09 bits per heavy atom. The van der Waals surface area contributed by atoms with Crippen LogP contribution in [0.4, 0.5) is 4.79 Å². The SMILES string of the molecule is C[C@@H]1[C@H](C(=O)O)CCCN1C(=O)CSCCNC(=O)OCC1c2ccccc2-c2ccccc21. The Balaban J connectivity index is 1.18. The third-order valence-electron chi connectivity index (χ3n) is 6.71. The molecule has 2 N–H and O–H groups in total. The van der Waals surface area contributed by atoms with Gasteiger partial charge in [0.15, 0.2) is 0 Å². The van der Waals surface area contributed by atoms with Gasteiger partial charge in [0.2, 0.25) is 5.91 Å². The third-order valence-corrected chi connectivity index (χ3v) is 7.65. The molecule has 2 aromatic carbocycles. The Morgan fingerprint density at radius 2 is 1.74 bits per heavy atom. The molecule has 0 unspecified atom stereocenters. The van der Waals surface area contributed by atoms with Crippen LogP contribution < -0.4 is 5.32 Å². The van der Waals surface area contributed by atoms with E-state index in [1.54, 1.807) is 11.8 Å². The number of alkyl carbamates (subject to hydrolysis) is 1. The molecule has 0 radical (unpaired) electrons. The van der Waals surface area contributed by atoms with Crippen LogP contribution >= 0.6 is 11.8 Å². The lowest BCUT2D eigenvalue weighted by Gasteiger charge is -2.37. The highest BCUT2D eigenvalue weighted by molar-refractivity contribution is 7.99. The summed E-state index contributed by atoms with van der Waals surface area (Å²) in [6.07, 6.45) is 0.848. The maximum atomic E-state index is 12.5. The first-order valence-electron chi connectivity index (χ1n) is 11.7. The van der Waals surface area contributed by atoms with Gasteiger partial charge in [-0.05, 0) is 42.0 Å². The number of fused-ring (bicyclic) bond motifs is 3. The second-order valence-corrected chi connectivity index (χ2v) is 9.82. The van der Waals surface area contributed by atoms with Crippen LogP contribution in [0.5, 0.6) is 0 Å². The fourth-order valence-corrected chi connectivity index (χ4v) is 5.67. The van der Waals surface area contributed by atoms with Gasteiger partial charge in [-0.3, -0.25) is 9.59 Å². The number of nitrogens with zero attached hydrogens (tertiary/aromatic N) is 1. The summed E-state index contributed by atoms with van der Waals surface area (Å²) >= 11 is 1.42. The molecule has 1 saturated heterocycles. The normalized spacial score (nSPS) is 19.3. The minimum atomic E-state index is -0.843. The van der Waals surface area contributed by atoms with Crippen molar-refractivity contribution in [1.29, 1.82) is 0 Å². The van der Waals surface area contributed by atoms with E-state index in [9.17, 15) is 19.5 Å². The Bertz CT molecular complexity index is 1010. The summed E-state index contributed by atoms with van der Waals surface area (Å²) in [6.45, 7) is 3.06. The lowest BCUT2D eigenvalue weighted by Crippen LogP contribution is -2.49. The lowest BCUT2D eigenvalue weighted by molar-refractivity contribution is -0.148. The summed E-state index contributed by atoms with van der Waals surface area (Å²) in [7, 11) is 0. The Kier molecular flexibility index (Phi) is 7.77. The van der Waals surface area contributed by atoms with Crippen molar-refractivity contribution in [3.63, 3.8) is 0 Å². The molecular weight excluding hydrogens is 452 g/mol. The highest BCUT2D eigenvalue weighted by Crippen LogP contribution is 2.44. The van der Waals surface area contributed by atoms with E-state index in [4.69, 9.17) is 4.74 Å². The molecule has 2 amide bonds. The number of carbonyl (C=O) groups excluding carboxylic acids is 2. The maximum absolute atomic E-state index is 12.5. The van der Waals surface area contributed by atoms with Crippen molar-refractivity contribution >= 4 is 29.7 Å². The number of piperidine rings is 1. The number of carbonyl (C=O) groups is 3. The van der Waals surface area contributed by atoms with E-state index >= 15 is 0 Å². The predicted molar refractivity (Wildman–Crippen MR) is 132 cm³/mol. The molecule has 0 aromatic heterocycles. The minimum absolute atomic E-state index is 0.0197. The van der Waals surface area contributed by atoms with Gasteiger partial charge in [-0.25, -0.2) is 4.79 Å². The van der Waals surface area contributed by atoms with Gasteiger partial charge in [-0.2, -0.15) is 11.8 Å². The first-order valence-corrected chi connectivity index (χ1v) is 12.8. The van der Waals surface area contributed by atoms with Crippen molar-refractivity contribution in [3.8, 4) is 11.1 Å². The number of likely N-dealkylation sites (tertiary alicyclic amines) is 1. The van der Waals surface area contributed by atoms with Crippen LogP contribution in [-0.4, -0.2) is 65.2 Å². The van der Waals surface area contributed by atoms with Crippen LogP contribution in [0.3, 0.4) is 0 Å². The van der Waals surface area contributed by atoms with Gasteiger partial charge in [-0.15, -0.1) is 0 Å². The number of thioether (sulfide) groups is 1. The number of nitrogens with one attached hydrogen (secondary N) is 1. The smallest absolute Gasteiger partial charge is 0.407 e. The average molecular weight is 483 g/mol. The van der Waals surface area contributed by atoms with Crippen LogP contribution in [-0.2, 0) is 14.3 Å². The van der Waals surface area contributed by atoms with E-state index in [2.05, 4.69) is 29.6 Å². The molecule has 1 fully saturated rings. The Hall–Kier alpha value is -3.00. The van der Waals surface area contributed by atoms with Crippen molar-refractivity contribution in [1.82, 2.24) is 10.2 Å². The fraction of sp³-hybridized carbons (Fsp3) is 0.423. The molecule has 1 heterocycles. The average Bonchev–Trinajstić information content (AvgIpc) is 3.16. The fourth-order valence-electron chi connectivity index (χ4n) is 4.94. The summed E-state index contributed by atoms with van der Waals surface area (Å²) in [6, 6.07) is 16.1. The maximum Gasteiger partial charge on any atom is 0.407 e. The summed E-state index contributed by atoms with van der Waals surface area (Å²) in [4.78, 5) is 37.8. The molecule has 1 aliphatic heterocycles. The molecule has 0 saturated carbocycles. The Labute approximate surface area is 203 Å². The summed E-state index contributed by atoms with van der Waals surface area (Å²) < 4.78 is 5.52. The number of carboxylic acids is 1. The topological polar surface area (TPSA) is 95.9 Å². The molecule has 0 bridgehead atoms. The van der Waals surface area contributed by atoms with E-state index in [0.717, 1.165) is 0 Å². The number of hydrogen-bond acceptors (Lipinski definition) is 5. The van der Waals surface area contributed by atoms with Gasteiger partial charge in [0.25, 0.3) is 0 Å². The highest BCUT2D eigenvalue weighted by Gasteiger charge is 2.35. The van der Waals surface area contributed by atoms with Crippen molar-refractivity contribution in [2.75, 3.05) is 31.2 Å². The van der Waals surface area contributed by atoms with Crippen LogP contribution in [0.25, 0.3) is 11.1 Å². The lowest BCUT2D eigenvalue weighted by atomic mass is 9.90. The zero-order valence-electron chi connectivity index (χ0n) is 19.2. The second-order valence-electron chi connectivity index (χ2n) is 8.72. The molecule has 7 nitrogen and oxygen atoms in total. The number of rotatable bonds is 8. The number of hydrogen-bond donors (Lipinski definition) is 2. The predicted octanol–water partition coefficient (Wildman–Crippen LogP) is 3.97. The second kappa shape index (κ2) is 11.0. The van der Waals surface area contributed by atoms with Crippen LogP contribution in [0.2, 0.25) is 0 Å². The van der Waals surface area contributed by atoms with E-state index in [-0.39, 0.29) is 30.2 Å². The van der Waals surface area contributed by atoms with Crippen molar-refractivity contribution < 1.29 is 24.2 Å². The third kappa shape index (κ3) is 5.22. The zero-order chi connectivity index (χ0) is 24.1. The number of carboxylic acid groups (broad SMARTS) is 1. The van der Waals surface area contributed by atoms with Crippen molar-refractivity contribution in [2.45, 2.75) is 31.7 Å². The molecule has 2 aromatic rings. The molecule has 2 aliphatic rings. The van der Waals surface area contributed by atoms with Gasteiger partial charge in [0, 0.05) is 30.8 Å². The van der Waals surface area contributed by atoms with Gasteiger partial charge < -0.3 is 20.1 Å². The van der Waals surface area contributed by atoms with Gasteiger partial charge in [-0.1, -0.05) is 48.5 Å². The van der Waals surface area contributed by atoms with E-state index in [1.165, 1.54) is 34.0 Å². The standard InChI is InChI=1S/C26H30N2O5S/c1-17-18(25(30)31)11-6-13-28(17)24(29)16-34-14-12-27-26(32)33-15-23-21-9-4-2-7-19(21)20-8-3-5-10-22(20)23/h2-5,7-10,17-18,23H,6,11-16H2,1H3,(H,27,32)(H,30,31)/t17-,18-/m1/s1.